The lowest BCUT2D eigenvalue weighted by Crippen LogP contribution is -2.27. The van der Waals surface area contributed by atoms with Crippen molar-refractivity contribution in [3.8, 4) is 0 Å². The number of carbonyl (C=O) groups excluding carboxylic acids is 2. The quantitative estimate of drug-likeness (QED) is 0.349. The zero-order valence-corrected chi connectivity index (χ0v) is 19.4. The summed E-state index contributed by atoms with van der Waals surface area (Å²) < 4.78 is 15.6. The Balaban J connectivity index is 1.58. The fraction of sp³-hybridized carbons (Fsp3) is 0.250. The van der Waals surface area contributed by atoms with Gasteiger partial charge in [0.2, 0.25) is 5.91 Å². The molecule has 0 bridgehead atoms. The third-order valence-electron chi connectivity index (χ3n) is 4.94. The van der Waals surface area contributed by atoms with Gasteiger partial charge < -0.3 is 15.2 Å². The number of thioether (sulfide) groups is 1. The SMILES string of the molecule is C=CCn1c(CCNC(=O)c2ccccc2F)nnc1SCC(=O)Nc1c(C)cccc1C. The molecule has 0 fully saturated rings. The minimum Gasteiger partial charge on any atom is -0.351 e. The van der Waals surface area contributed by atoms with Crippen LogP contribution in [0.2, 0.25) is 0 Å². The van der Waals surface area contributed by atoms with Crippen molar-refractivity contribution < 1.29 is 14.0 Å². The van der Waals surface area contributed by atoms with E-state index in [2.05, 4.69) is 27.4 Å². The molecule has 0 saturated carbocycles. The van der Waals surface area contributed by atoms with E-state index in [-0.39, 0.29) is 23.8 Å². The Morgan fingerprint density at radius 2 is 1.85 bits per heavy atom. The third kappa shape index (κ3) is 6.29. The number of anilines is 1. The first-order chi connectivity index (χ1) is 15.9. The average Bonchev–Trinajstić information content (AvgIpc) is 3.17. The van der Waals surface area contributed by atoms with Crippen LogP contribution in [0.4, 0.5) is 10.1 Å². The van der Waals surface area contributed by atoms with Crippen molar-refractivity contribution in [1.29, 1.82) is 0 Å². The normalized spacial score (nSPS) is 10.6. The van der Waals surface area contributed by atoms with Crippen LogP contribution in [-0.4, -0.2) is 38.9 Å². The summed E-state index contributed by atoms with van der Waals surface area (Å²) in [4.78, 5) is 24.7. The Morgan fingerprint density at radius 3 is 2.55 bits per heavy atom. The van der Waals surface area contributed by atoms with E-state index < -0.39 is 11.7 Å². The number of nitrogens with one attached hydrogen (secondary N) is 2. The van der Waals surface area contributed by atoms with Crippen LogP contribution in [-0.2, 0) is 17.8 Å². The smallest absolute Gasteiger partial charge is 0.254 e. The maximum Gasteiger partial charge on any atom is 0.254 e. The van der Waals surface area contributed by atoms with Crippen LogP contribution in [0.5, 0.6) is 0 Å². The summed E-state index contributed by atoms with van der Waals surface area (Å²) in [6.07, 6.45) is 2.11. The summed E-state index contributed by atoms with van der Waals surface area (Å²) >= 11 is 1.28. The van der Waals surface area contributed by atoms with Crippen molar-refractivity contribution >= 4 is 29.3 Å². The number of benzene rings is 2. The van der Waals surface area contributed by atoms with Crippen molar-refractivity contribution in [1.82, 2.24) is 20.1 Å². The molecule has 33 heavy (non-hydrogen) atoms. The fourth-order valence-corrected chi connectivity index (χ4v) is 4.04. The van der Waals surface area contributed by atoms with Crippen molar-refractivity contribution in [2.75, 3.05) is 17.6 Å². The van der Waals surface area contributed by atoms with E-state index >= 15 is 0 Å². The van der Waals surface area contributed by atoms with Crippen molar-refractivity contribution in [3.05, 3.63) is 83.5 Å². The molecule has 0 aliphatic carbocycles. The molecule has 3 aromatic rings. The van der Waals surface area contributed by atoms with Crippen molar-refractivity contribution in [2.45, 2.75) is 32.0 Å². The number of halogens is 1. The molecule has 0 unspecified atom stereocenters. The summed E-state index contributed by atoms with van der Waals surface area (Å²) in [6.45, 7) is 8.40. The van der Waals surface area contributed by atoms with Gasteiger partial charge in [-0.15, -0.1) is 16.8 Å². The van der Waals surface area contributed by atoms with E-state index in [4.69, 9.17) is 0 Å². The number of aryl methyl sites for hydroxylation is 2. The molecule has 172 valence electrons. The zero-order chi connectivity index (χ0) is 23.8. The lowest BCUT2D eigenvalue weighted by atomic mass is 10.1. The molecule has 0 atom stereocenters. The van der Waals surface area contributed by atoms with Gasteiger partial charge in [-0.05, 0) is 37.1 Å². The Bertz CT molecular complexity index is 1140. The maximum absolute atomic E-state index is 13.8. The first-order valence-electron chi connectivity index (χ1n) is 10.4. The highest BCUT2D eigenvalue weighted by molar-refractivity contribution is 7.99. The third-order valence-corrected chi connectivity index (χ3v) is 5.90. The molecule has 0 spiro atoms. The number of hydrogen-bond donors (Lipinski definition) is 2. The number of rotatable bonds is 10. The van der Waals surface area contributed by atoms with Crippen LogP contribution in [0.25, 0.3) is 0 Å². The molecule has 2 aromatic carbocycles. The van der Waals surface area contributed by atoms with Gasteiger partial charge in [0.05, 0.1) is 11.3 Å². The van der Waals surface area contributed by atoms with Crippen LogP contribution >= 0.6 is 11.8 Å². The molecule has 3 rings (SSSR count). The van der Waals surface area contributed by atoms with Gasteiger partial charge in [-0.1, -0.05) is 48.2 Å². The first-order valence-corrected chi connectivity index (χ1v) is 11.4. The molecule has 2 amide bonds. The summed E-state index contributed by atoms with van der Waals surface area (Å²) in [5, 5.41) is 14.6. The molecular weight excluding hydrogens is 441 g/mol. The lowest BCUT2D eigenvalue weighted by Gasteiger charge is -2.11. The molecular formula is C24H26FN5O2S. The molecule has 1 heterocycles. The van der Waals surface area contributed by atoms with E-state index in [1.165, 1.54) is 30.0 Å². The Labute approximate surface area is 196 Å². The summed E-state index contributed by atoms with van der Waals surface area (Å²) in [6, 6.07) is 11.7. The van der Waals surface area contributed by atoms with Gasteiger partial charge in [0.25, 0.3) is 5.91 Å². The maximum atomic E-state index is 13.8. The molecule has 2 N–H and O–H groups in total. The van der Waals surface area contributed by atoms with Gasteiger partial charge in [0.15, 0.2) is 5.16 Å². The van der Waals surface area contributed by atoms with Crippen LogP contribution in [0.15, 0.2) is 60.3 Å². The molecule has 0 aliphatic rings. The molecule has 0 radical (unpaired) electrons. The number of carbonyl (C=O) groups is 2. The number of nitrogens with zero attached hydrogens (tertiary/aromatic N) is 3. The van der Waals surface area contributed by atoms with Gasteiger partial charge in [0.1, 0.15) is 11.6 Å². The Morgan fingerprint density at radius 1 is 1.12 bits per heavy atom. The molecule has 9 heteroatoms. The Kier molecular flexibility index (Phi) is 8.37. The van der Waals surface area contributed by atoms with Crippen LogP contribution in [0.1, 0.15) is 27.3 Å². The van der Waals surface area contributed by atoms with E-state index in [1.807, 2.05) is 36.6 Å². The summed E-state index contributed by atoms with van der Waals surface area (Å²) in [5.41, 5.74) is 2.82. The highest BCUT2D eigenvalue weighted by Crippen LogP contribution is 2.21. The average molecular weight is 468 g/mol. The van der Waals surface area contributed by atoms with Crippen molar-refractivity contribution in [3.63, 3.8) is 0 Å². The van der Waals surface area contributed by atoms with Gasteiger partial charge in [-0.25, -0.2) is 4.39 Å². The monoisotopic (exact) mass is 467 g/mol. The van der Waals surface area contributed by atoms with Gasteiger partial charge >= 0.3 is 0 Å². The number of para-hydroxylation sites is 1. The van der Waals surface area contributed by atoms with E-state index in [0.29, 0.717) is 23.9 Å². The molecule has 7 nitrogen and oxygen atoms in total. The second-order valence-electron chi connectivity index (χ2n) is 7.39. The highest BCUT2D eigenvalue weighted by Gasteiger charge is 2.16. The van der Waals surface area contributed by atoms with E-state index in [9.17, 15) is 14.0 Å². The zero-order valence-electron chi connectivity index (χ0n) is 18.6. The van der Waals surface area contributed by atoms with Gasteiger partial charge in [-0.2, -0.15) is 0 Å². The minimum absolute atomic E-state index is 0.00351. The number of allylic oxidation sites excluding steroid dienone is 1. The Hall–Kier alpha value is -3.46. The minimum atomic E-state index is -0.567. The number of amides is 2. The second-order valence-corrected chi connectivity index (χ2v) is 8.33. The van der Waals surface area contributed by atoms with Gasteiger partial charge in [-0.3, -0.25) is 9.59 Å². The predicted molar refractivity (Wildman–Crippen MR) is 128 cm³/mol. The first kappa shape index (κ1) is 24.2. The summed E-state index contributed by atoms with van der Waals surface area (Å²) in [5.74, 6) is -0.374. The lowest BCUT2D eigenvalue weighted by molar-refractivity contribution is -0.113. The molecule has 0 saturated heterocycles. The summed E-state index contributed by atoms with van der Waals surface area (Å²) in [7, 11) is 0. The fourth-order valence-electron chi connectivity index (χ4n) is 3.27. The van der Waals surface area contributed by atoms with Crippen LogP contribution in [0.3, 0.4) is 0 Å². The largest absolute Gasteiger partial charge is 0.351 e. The molecule has 0 aliphatic heterocycles. The number of aromatic nitrogens is 3. The second kappa shape index (κ2) is 11.4. The standard InChI is InChI=1S/C24H26FN5O2S/c1-4-14-30-20(12-13-26-23(32)18-10-5-6-11-19(18)25)28-29-24(30)33-15-21(31)27-22-16(2)8-7-9-17(22)3/h4-11H,1,12-15H2,2-3H3,(H,26,32)(H,27,31). The predicted octanol–water partition coefficient (Wildman–Crippen LogP) is 3.92. The van der Waals surface area contributed by atoms with Crippen LogP contribution in [0, 0.1) is 19.7 Å². The highest BCUT2D eigenvalue weighted by atomic mass is 32.2. The van der Waals surface area contributed by atoms with Crippen molar-refractivity contribution in [2.24, 2.45) is 0 Å². The van der Waals surface area contributed by atoms with Crippen LogP contribution < -0.4 is 10.6 Å². The van der Waals surface area contributed by atoms with E-state index in [0.717, 1.165) is 16.8 Å². The van der Waals surface area contributed by atoms with E-state index in [1.54, 1.807) is 12.1 Å². The van der Waals surface area contributed by atoms with Gasteiger partial charge in [0, 0.05) is 25.2 Å². The topological polar surface area (TPSA) is 88.9 Å². The molecule has 1 aromatic heterocycles. The number of hydrogen-bond acceptors (Lipinski definition) is 5.